The highest BCUT2D eigenvalue weighted by atomic mass is 32.2. The number of amides is 1. The van der Waals surface area contributed by atoms with Crippen LogP contribution in [0.2, 0.25) is 0 Å². The largest absolute Gasteiger partial charge is 0.375 e. The molecule has 0 aliphatic carbocycles. The maximum atomic E-state index is 12.5. The Morgan fingerprint density at radius 2 is 2.14 bits per heavy atom. The van der Waals surface area contributed by atoms with Crippen LogP contribution >= 0.6 is 0 Å². The Morgan fingerprint density at radius 1 is 1.41 bits per heavy atom. The van der Waals surface area contributed by atoms with Crippen LogP contribution in [0.4, 0.5) is 0 Å². The zero-order valence-corrected chi connectivity index (χ0v) is 13.9. The molecule has 0 radical (unpaired) electrons. The molecule has 1 heterocycles. The van der Waals surface area contributed by atoms with Gasteiger partial charge in [0.15, 0.2) is 0 Å². The van der Waals surface area contributed by atoms with Gasteiger partial charge in [0.2, 0.25) is 10.0 Å². The number of hydrogen-bond donors (Lipinski definition) is 1. The molecular formula is C15H22N2O4S. The molecule has 122 valence electrons. The average Bonchev–Trinajstić information content (AvgIpc) is 2.45. The smallest absolute Gasteiger partial charge is 0.254 e. The third-order valence-corrected chi connectivity index (χ3v) is 4.97. The van der Waals surface area contributed by atoms with E-state index in [4.69, 9.17) is 4.74 Å². The van der Waals surface area contributed by atoms with Crippen LogP contribution < -0.4 is 4.72 Å². The summed E-state index contributed by atoms with van der Waals surface area (Å²) in [5.74, 6) is -0.170. The van der Waals surface area contributed by atoms with Crippen LogP contribution in [0.1, 0.15) is 31.1 Å². The minimum absolute atomic E-state index is 0.00720. The third kappa shape index (κ3) is 4.06. The normalized spacial score (nSPS) is 19.5. The Bertz CT molecular complexity index is 643. The van der Waals surface area contributed by atoms with Gasteiger partial charge in [-0.3, -0.25) is 4.79 Å². The number of morpholine rings is 1. The molecule has 22 heavy (non-hydrogen) atoms. The maximum Gasteiger partial charge on any atom is 0.254 e. The van der Waals surface area contributed by atoms with Crippen LogP contribution in [0.3, 0.4) is 0 Å². The molecule has 0 aromatic heterocycles. The average molecular weight is 326 g/mol. The van der Waals surface area contributed by atoms with Gasteiger partial charge >= 0.3 is 0 Å². The van der Waals surface area contributed by atoms with Gasteiger partial charge in [-0.05, 0) is 39.0 Å². The monoisotopic (exact) mass is 326 g/mol. The fourth-order valence-electron chi connectivity index (χ4n) is 2.36. The van der Waals surface area contributed by atoms with Crippen molar-refractivity contribution in [1.29, 1.82) is 0 Å². The molecule has 6 nitrogen and oxygen atoms in total. The number of rotatable bonds is 4. The van der Waals surface area contributed by atoms with Crippen molar-refractivity contribution in [2.24, 2.45) is 0 Å². The molecule has 0 saturated carbocycles. The zero-order valence-electron chi connectivity index (χ0n) is 13.1. The van der Waals surface area contributed by atoms with Gasteiger partial charge in [-0.25, -0.2) is 13.1 Å². The molecule has 0 bridgehead atoms. The molecule has 2 rings (SSSR count). The van der Waals surface area contributed by atoms with Crippen molar-refractivity contribution in [2.45, 2.75) is 37.8 Å². The highest BCUT2D eigenvalue weighted by molar-refractivity contribution is 7.89. The minimum Gasteiger partial charge on any atom is -0.375 e. The summed E-state index contributed by atoms with van der Waals surface area (Å²) in [6, 6.07) is 5.93. The Morgan fingerprint density at radius 3 is 2.77 bits per heavy atom. The van der Waals surface area contributed by atoms with Crippen molar-refractivity contribution in [1.82, 2.24) is 9.62 Å². The van der Waals surface area contributed by atoms with E-state index in [9.17, 15) is 13.2 Å². The number of benzene rings is 1. The summed E-state index contributed by atoms with van der Waals surface area (Å²) in [5.41, 5.74) is 0.376. The first-order valence-electron chi connectivity index (χ1n) is 7.33. The van der Waals surface area contributed by atoms with Gasteiger partial charge in [0, 0.05) is 24.7 Å². The van der Waals surface area contributed by atoms with Crippen molar-refractivity contribution in [3.8, 4) is 0 Å². The molecule has 1 atom stereocenters. The van der Waals surface area contributed by atoms with E-state index in [0.29, 0.717) is 25.3 Å². The van der Waals surface area contributed by atoms with Gasteiger partial charge < -0.3 is 9.64 Å². The molecule has 1 unspecified atom stereocenters. The second-order valence-electron chi connectivity index (χ2n) is 5.74. The third-order valence-electron chi connectivity index (χ3n) is 3.31. The lowest BCUT2D eigenvalue weighted by Gasteiger charge is -2.31. The first kappa shape index (κ1) is 16.9. The van der Waals surface area contributed by atoms with E-state index in [1.54, 1.807) is 30.9 Å². The van der Waals surface area contributed by atoms with Gasteiger partial charge in [-0.1, -0.05) is 6.07 Å². The molecule has 1 saturated heterocycles. The van der Waals surface area contributed by atoms with Crippen LogP contribution in [-0.4, -0.2) is 51.1 Å². The van der Waals surface area contributed by atoms with Crippen LogP contribution in [0, 0.1) is 0 Å². The van der Waals surface area contributed by atoms with Gasteiger partial charge in [0.25, 0.3) is 5.91 Å². The summed E-state index contributed by atoms with van der Waals surface area (Å²) in [5, 5.41) is 0. The Hall–Kier alpha value is -1.44. The quantitative estimate of drug-likeness (QED) is 0.903. The maximum absolute atomic E-state index is 12.5. The van der Waals surface area contributed by atoms with Crippen LogP contribution in [0.25, 0.3) is 0 Å². The lowest BCUT2D eigenvalue weighted by molar-refractivity contribution is -0.0124. The molecule has 1 fully saturated rings. The highest BCUT2D eigenvalue weighted by Gasteiger charge is 2.24. The van der Waals surface area contributed by atoms with E-state index >= 15 is 0 Å². The summed E-state index contributed by atoms with van der Waals surface area (Å²) in [4.78, 5) is 14.3. The fraction of sp³-hybridized carbons (Fsp3) is 0.533. The standard InChI is InChI=1S/C15H22N2O4S/c1-11(2)16-22(19,20)14-6-4-5-13(9-14)15(18)17-7-8-21-12(3)10-17/h4-6,9,11-12,16H,7-8,10H2,1-3H3. The molecule has 7 heteroatoms. The van der Waals surface area contributed by atoms with Crippen molar-refractivity contribution in [2.75, 3.05) is 19.7 Å². The van der Waals surface area contributed by atoms with Crippen molar-refractivity contribution in [3.05, 3.63) is 29.8 Å². The van der Waals surface area contributed by atoms with Crippen LogP contribution in [0.5, 0.6) is 0 Å². The topological polar surface area (TPSA) is 75.7 Å². The molecule has 1 amide bonds. The lowest BCUT2D eigenvalue weighted by atomic mass is 10.2. The number of sulfonamides is 1. The first-order chi connectivity index (χ1) is 10.3. The minimum atomic E-state index is -3.60. The summed E-state index contributed by atoms with van der Waals surface area (Å²) >= 11 is 0. The van der Waals surface area contributed by atoms with Gasteiger partial charge in [-0.15, -0.1) is 0 Å². The van der Waals surface area contributed by atoms with Crippen LogP contribution in [0.15, 0.2) is 29.2 Å². The van der Waals surface area contributed by atoms with Crippen molar-refractivity contribution >= 4 is 15.9 Å². The van der Waals surface area contributed by atoms with Gasteiger partial charge in [0.05, 0.1) is 17.6 Å². The number of carbonyl (C=O) groups is 1. The molecule has 1 aromatic carbocycles. The SMILES string of the molecule is CC(C)NS(=O)(=O)c1cccc(C(=O)N2CCOC(C)C2)c1. The number of nitrogens with one attached hydrogen (secondary N) is 1. The predicted octanol–water partition coefficient (Wildman–Crippen LogP) is 1.23. The summed E-state index contributed by atoms with van der Waals surface area (Å²) in [6.07, 6.45) is -0.00720. The lowest BCUT2D eigenvalue weighted by Crippen LogP contribution is -2.44. The number of ether oxygens (including phenoxy) is 1. The highest BCUT2D eigenvalue weighted by Crippen LogP contribution is 2.15. The summed E-state index contributed by atoms with van der Waals surface area (Å²) < 4.78 is 32.3. The van der Waals surface area contributed by atoms with E-state index < -0.39 is 10.0 Å². The van der Waals surface area contributed by atoms with Crippen molar-refractivity contribution < 1.29 is 17.9 Å². The molecule has 0 spiro atoms. The second-order valence-corrected chi connectivity index (χ2v) is 7.45. The van der Waals surface area contributed by atoms with E-state index in [1.165, 1.54) is 12.1 Å². The molecule has 1 N–H and O–H groups in total. The Kier molecular flexibility index (Phi) is 5.20. The first-order valence-corrected chi connectivity index (χ1v) is 8.81. The van der Waals surface area contributed by atoms with Gasteiger partial charge in [-0.2, -0.15) is 0 Å². The van der Waals surface area contributed by atoms with E-state index in [1.807, 2.05) is 6.92 Å². The fourth-order valence-corrected chi connectivity index (χ4v) is 3.66. The van der Waals surface area contributed by atoms with E-state index in [0.717, 1.165) is 0 Å². The van der Waals surface area contributed by atoms with E-state index in [-0.39, 0.29) is 22.9 Å². The second kappa shape index (κ2) is 6.76. The number of hydrogen-bond acceptors (Lipinski definition) is 4. The summed E-state index contributed by atoms with van der Waals surface area (Å²) in [6.45, 7) is 6.94. The van der Waals surface area contributed by atoms with Crippen molar-refractivity contribution in [3.63, 3.8) is 0 Å². The Balaban J connectivity index is 2.23. The molecule has 1 aromatic rings. The summed E-state index contributed by atoms with van der Waals surface area (Å²) in [7, 11) is -3.60. The van der Waals surface area contributed by atoms with Crippen LogP contribution in [-0.2, 0) is 14.8 Å². The number of nitrogens with zero attached hydrogens (tertiary/aromatic N) is 1. The number of carbonyl (C=O) groups excluding carboxylic acids is 1. The Labute approximate surface area is 131 Å². The molecular weight excluding hydrogens is 304 g/mol. The van der Waals surface area contributed by atoms with E-state index in [2.05, 4.69) is 4.72 Å². The van der Waals surface area contributed by atoms with Gasteiger partial charge in [0.1, 0.15) is 0 Å². The molecule has 1 aliphatic heterocycles. The molecule has 1 aliphatic rings. The zero-order chi connectivity index (χ0) is 16.3. The predicted molar refractivity (Wildman–Crippen MR) is 83.2 cm³/mol.